The minimum Gasteiger partial charge on any atom is -0.339 e. The van der Waals surface area contributed by atoms with E-state index < -0.39 is 0 Å². The van der Waals surface area contributed by atoms with E-state index in [2.05, 4.69) is 33.3 Å². The molecule has 1 fully saturated rings. The van der Waals surface area contributed by atoms with E-state index in [-0.39, 0.29) is 5.41 Å². The maximum atomic E-state index is 5.37. The summed E-state index contributed by atoms with van der Waals surface area (Å²) in [6.07, 6.45) is 6.12. The first-order valence-corrected chi connectivity index (χ1v) is 7.06. The van der Waals surface area contributed by atoms with Crippen LogP contribution in [0.5, 0.6) is 0 Å². The number of aromatic nitrogens is 4. The third-order valence-corrected chi connectivity index (χ3v) is 4.17. The zero-order valence-electron chi connectivity index (χ0n) is 12.3. The Kier molecular flexibility index (Phi) is 3.33. The standard InChI is InChI=1S/C14H21N5O/c1-11-16-13(20-17-11)14(2)4-6-19(7-5-14)10-12-8-15-18(3)9-12/h8-9H,4-7,10H2,1-3H3. The molecular weight excluding hydrogens is 254 g/mol. The number of likely N-dealkylation sites (tertiary alicyclic amines) is 1. The molecule has 0 aromatic carbocycles. The lowest BCUT2D eigenvalue weighted by molar-refractivity contribution is 0.137. The maximum absolute atomic E-state index is 5.37. The molecule has 108 valence electrons. The van der Waals surface area contributed by atoms with Gasteiger partial charge in [-0.25, -0.2) is 0 Å². The summed E-state index contributed by atoms with van der Waals surface area (Å²) in [5.74, 6) is 1.51. The highest BCUT2D eigenvalue weighted by molar-refractivity contribution is 5.07. The Hall–Kier alpha value is -1.69. The van der Waals surface area contributed by atoms with Crippen LogP contribution in [0.2, 0.25) is 0 Å². The summed E-state index contributed by atoms with van der Waals surface area (Å²) < 4.78 is 7.22. The molecule has 1 aliphatic rings. The van der Waals surface area contributed by atoms with Crippen LogP contribution in [0.25, 0.3) is 0 Å². The third kappa shape index (κ3) is 2.60. The molecule has 0 amide bonds. The van der Waals surface area contributed by atoms with Crippen molar-refractivity contribution in [1.82, 2.24) is 24.8 Å². The summed E-state index contributed by atoms with van der Waals surface area (Å²) in [7, 11) is 1.95. The lowest BCUT2D eigenvalue weighted by Crippen LogP contribution is -2.40. The zero-order chi connectivity index (χ0) is 14.2. The first-order valence-electron chi connectivity index (χ1n) is 7.06. The van der Waals surface area contributed by atoms with Crippen LogP contribution in [0.15, 0.2) is 16.9 Å². The molecule has 20 heavy (non-hydrogen) atoms. The minimum atomic E-state index is 0.0205. The smallest absolute Gasteiger partial charge is 0.232 e. The molecular formula is C14H21N5O. The lowest BCUT2D eigenvalue weighted by Gasteiger charge is -2.36. The summed E-state index contributed by atoms with van der Waals surface area (Å²) in [6.45, 7) is 7.15. The highest BCUT2D eigenvalue weighted by Crippen LogP contribution is 2.34. The Balaban J connectivity index is 1.61. The van der Waals surface area contributed by atoms with E-state index in [1.165, 1.54) is 5.56 Å². The topological polar surface area (TPSA) is 60.0 Å². The van der Waals surface area contributed by atoms with E-state index >= 15 is 0 Å². The summed E-state index contributed by atoms with van der Waals surface area (Å²) in [4.78, 5) is 6.87. The third-order valence-electron chi connectivity index (χ3n) is 4.17. The molecule has 0 radical (unpaired) electrons. The van der Waals surface area contributed by atoms with Crippen LogP contribution in [-0.4, -0.2) is 37.9 Å². The average molecular weight is 275 g/mol. The highest BCUT2D eigenvalue weighted by Gasteiger charge is 2.36. The molecule has 0 atom stereocenters. The van der Waals surface area contributed by atoms with Gasteiger partial charge in [0.25, 0.3) is 0 Å². The molecule has 0 N–H and O–H groups in total. The van der Waals surface area contributed by atoms with Crippen molar-refractivity contribution < 1.29 is 4.52 Å². The maximum Gasteiger partial charge on any atom is 0.232 e. The first-order chi connectivity index (χ1) is 9.55. The second kappa shape index (κ2) is 5.01. The Bertz CT molecular complexity index is 580. The van der Waals surface area contributed by atoms with Crippen LogP contribution < -0.4 is 0 Å². The Morgan fingerprint density at radius 3 is 2.65 bits per heavy atom. The molecule has 0 saturated carbocycles. The predicted molar refractivity (Wildman–Crippen MR) is 74.1 cm³/mol. The van der Waals surface area contributed by atoms with E-state index in [9.17, 15) is 0 Å². The SMILES string of the molecule is Cc1noc(C2(C)CCN(Cc3cnn(C)c3)CC2)n1. The lowest BCUT2D eigenvalue weighted by atomic mass is 9.80. The van der Waals surface area contributed by atoms with Gasteiger partial charge >= 0.3 is 0 Å². The fraction of sp³-hybridized carbons (Fsp3) is 0.643. The van der Waals surface area contributed by atoms with Crippen molar-refractivity contribution in [2.75, 3.05) is 13.1 Å². The Morgan fingerprint density at radius 1 is 1.35 bits per heavy atom. The molecule has 2 aromatic heterocycles. The van der Waals surface area contributed by atoms with Gasteiger partial charge in [0.1, 0.15) is 0 Å². The largest absolute Gasteiger partial charge is 0.339 e. The van der Waals surface area contributed by atoms with Crippen LogP contribution in [0.1, 0.15) is 37.0 Å². The number of rotatable bonds is 3. The summed E-state index contributed by atoms with van der Waals surface area (Å²) in [5.41, 5.74) is 1.29. The molecule has 2 aromatic rings. The molecule has 6 heteroatoms. The van der Waals surface area contributed by atoms with Gasteiger partial charge in [0.2, 0.25) is 5.89 Å². The fourth-order valence-corrected chi connectivity index (χ4v) is 2.77. The number of nitrogens with zero attached hydrogens (tertiary/aromatic N) is 5. The first kappa shape index (κ1) is 13.3. The van der Waals surface area contributed by atoms with Gasteiger partial charge in [-0.1, -0.05) is 12.1 Å². The Labute approximate surface area is 118 Å². The number of piperidine rings is 1. The molecule has 0 spiro atoms. The quantitative estimate of drug-likeness (QED) is 0.852. The van der Waals surface area contributed by atoms with Gasteiger partial charge in [0.15, 0.2) is 5.82 Å². The van der Waals surface area contributed by atoms with Crippen molar-refractivity contribution >= 4 is 0 Å². The molecule has 6 nitrogen and oxygen atoms in total. The summed E-state index contributed by atoms with van der Waals surface area (Å²) in [5, 5.41) is 8.13. The molecule has 1 aliphatic heterocycles. The van der Waals surface area contributed by atoms with Crippen LogP contribution >= 0.6 is 0 Å². The predicted octanol–water partition coefficient (Wildman–Crippen LogP) is 1.67. The van der Waals surface area contributed by atoms with E-state index in [4.69, 9.17) is 4.52 Å². The van der Waals surface area contributed by atoms with Gasteiger partial charge in [0.05, 0.1) is 6.20 Å². The zero-order valence-corrected chi connectivity index (χ0v) is 12.3. The Morgan fingerprint density at radius 2 is 2.10 bits per heavy atom. The van der Waals surface area contributed by atoms with Crippen LogP contribution in [0.3, 0.4) is 0 Å². The van der Waals surface area contributed by atoms with Crippen molar-refractivity contribution in [2.45, 2.75) is 38.6 Å². The minimum absolute atomic E-state index is 0.0205. The van der Waals surface area contributed by atoms with Crippen molar-refractivity contribution in [1.29, 1.82) is 0 Å². The molecule has 3 rings (SSSR count). The fourth-order valence-electron chi connectivity index (χ4n) is 2.77. The van der Waals surface area contributed by atoms with Gasteiger partial charge in [0, 0.05) is 30.8 Å². The van der Waals surface area contributed by atoms with Crippen molar-refractivity contribution in [2.24, 2.45) is 7.05 Å². The molecule has 1 saturated heterocycles. The number of hydrogen-bond acceptors (Lipinski definition) is 5. The van der Waals surface area contributed by atoms with Crippen molar-refractivity contribution in [3.05, 3.63) is 29.7 Å². The van der Waals surface area contributed by atoms with E-state index in [0.29, 0.717) is 0 Å². The molecule has 0 aliphatic carbocycles. The van der Waals surface area contributed by atoms with Gasteiger partial charge in [-0.05, 0) is 32.9 Å². The summed E-state index contributed by atoms with van der Waals surface area (Å²) >= 11 is 0. The number of aryl methyl sites for hydroxylation is 2. The number of hydrogen-bond donors (Lipinski definition) is 0. The van der Waals surface area contributed by atoms with Crippen LogP contribution in [-0.2, 0) is 19.0 Å². The van der Waals surface area contributed by atoms with Gasteiger partial charge in [-0.2, -0.15) is 10.1 Å². The van der Waals surface area contributed by atoms with Gasteiger partial charge < -0.3 is 4.52 Å². The van der Waals surface area contributed by atoms with Crippen LogP contribution in [0, 0.1) is 6.92 Å². The van der Waals surface area contributed by atoms with E-state index in [1.807, 2.05) is 24.9 Å². The highest BCUT2D eigenvalue weighted by atomic mass is 16.5. The second-order valence-corrected chi connectivity index (χ2v) is 6.01. The van der Waals surface area contributed by atoms with Crippen molar-refractivity contribution in [3.63, 3.8) is 0 Å². The summed E-state index contributed by atoms with van der Waals surface area (Å²) in [6, 6.07) is 0. The van der Waals surface area contributed by atoms with E-state index in [0.717, 1.165) is 44.2 Å². The molecule has 0 unspecified atom stereocenters. The normalized spacial score (nSPS) is 19.4. The van der Waals surface area contributed by atoms with Gasteiger partial charge in [-0.3, -0.25) is 9.58 Å². The average Bonchev–Trinajstić information content (AvgIpc) is 3.02. The molecule has 3 heterocycles. The van der Waals surface area contributed by atoms with Crippen molar-refractivity contribution in [3.8, 4) is 0 Å². The monoisotopic (exact) mass is 275 g/mol. The van der Waals surface area contributed by atoms with Crippen LogP contribution in [0.4, 0.5) is 0 Å². The van der Waals surface area contributed by atoms with E-state index in [1.54, 1.807) is 0 Å². The van der Waals surface area contributed by atoms with Gasteiger partial charge in [-0.15, -0.1) is 0 Å². The molecule has 0 bridgehead atoms. The second-order valence-electron chi connectivity index (χ2n) is 6.01.